The number of hydrogen-bond donors (Lipinski definition) is 0. The Morgan fingerprint density at radius 1 is 1.00 bits per heavy atom. The van der Waals surface area contributed by atoms with Crippen LogP contribution in [0.3, 0.4) is 0 Å². The Kier molecular flexibility index (Phi) is 5.52. The first kappa shape index (κ1) is 18.4. The Balaban J connectivity index is 1.39. The van der Waals surface area contributed by atoms with E-state index in [0.29, 0.717) is 37.7 Å². The topological polar surface area (TPSA) is 83.9 Å². The lowest BCUT2D eigenvalue weighted by molar-refractivity contribution is 0.0746. The van der Waals surface area contributed by atoms with E-state index in [1.807, 2.05) is 11.0 Å². The van der Waals surface area contributed by atoms with Crippen LogP contribution in [0.25, 0.3) is 0 Å². The summed E-state index contributed by atoms with van der Waals surface area (Å²) in [5.74, 6) is 2.08. The number of amides is 1. The van der Waals surface area contributed by atoms with Crippen molar-refractivity contribution in [2.45, 2.75) is 0 Å². The summed E-state index contributed by atoms with van der Waals surface area (Å²) in [4.78, 5) is 32.1. The average Bonchev–Trinajstić information content (AvgIpc) is 2.79. The predicted octanol–water partition coefficient (Wildman–Crippen LogP) is 0.679. The van der Waals surface area contributed by atoms with Crippen LogP contribution in [0, 0.1) is 0 Å². The molecule has 0 N–H and O–H groups in total. The molecule has 0 radical (unpaired) electrons. The zero-order valence-corrected chi connectivity index (χ0v) is 16.0. The number of piperazine rings is 1. The van der Waals surface area contributed by atoms with Crippen LogP contribution in [0.1, 0.15) is 10.4 Å². The molecule has 28 heavy (non-hydrogen) atoms. The van der Waals surface area contributed by atoms with Crippen molar-refractivity contribution < 1.29 is 14.3 Å². The number of carbonyl (C=O) groups is 1. The summed E-state index contributed by atoms with van der Waals surface area (Å²) in [5.41, 5.74) is 0.594. The highest BCUT2D eigenvalue weighted by Gasteiger charge is 2.24. The summed E-state index contributed by atoms with van der Waals surface area (Å²) < 4.78 is 10.5. The second-order valence-corrected chi connectivity index (χ2v) is 6.68. The van der Waals surface area contributed by atoms with Gasteiger partial charge in [0.05, 0.1) is 20.3 Å². The number of methoxy groups -OCH3 is 1. The highest BCUT2D eigenvalue weighted by molar-refractivity contribution is 5.94. The third-order valence-electron chi connectivity index (χ3n) is 5.00. The van der Waals surface area contributed by atoms with Gasteiger partial charge < -0.3 is 24.2 Å². The van der Waals surface area contributed by atoms with E-state index in [1.165, 1.54) is 0 Å². The molecule has 2 aliphatic heterocycles. The Bertz CT molecular complexity index is 819. The van der Waals surface area contributed by atoms with Gasteiger partial charge in [-0.25, -0.2) is 9.97 Å². The predicted molar refractivity (Wildman–Crippen MR) is 104 cm³/mol. The highest BCUT2D eigenvalue weighted by Crippen LogP contribution is 2.19. The van der Waals surface area contributed by atoms with Crippen LogP contribution in [-0.2, 0) is 4.74 Å². The first-order chi connectivity index (χ1) is 13.7. The van der Waals surface area contributed by atoms with Crippen LogP contribution in [0.5, 0.6) is 5.88 Å². The molecule has 2 aromatic heterocycles. The molecular weight excluding hydrogens is 360 g/mol. The zero-order chi connectivity index (χ0) is 19.3. The van der Waals surface area contributed by atoms with Crippen molar-refractivity contribution in [1.82, 2.24) is 19.9 Å². The Morgan fingerprint density at radius 3 is 2.50 bits per heavy atom. The molecule has 0 atom stereocenters. The summed E-state index contributed by atoms with van der Waals surface area (Å²) >= 11 is 0. The summed E-state index contributed by atoms with van der Waals surface area (Å²) in [5, 5.41) is 0. The maximum atomic E-state index is 12.8. The number of aromatic nitrogens is 3. The molecule has 1 amide bonds. The number of pyridine rings is 1. The second kappa shape index (κ2) is 8.39. The SMILES string of the molecule is COc1cc(C(=O)N2CCN(c3ccnc(N4CCOCC4)n3)CC2)ccn1. The van der Waals surface area contributed by atoms with Crippen LogP contribution in [0.15, 0.2) is 30.6 Å². The van der Waals surface area contributed by atoms with Crippen LogP contribution >= 0.6 is 0 Å². The van der Waals surface area contributed by atoms with Gasteiger partial charge in [0.15, 0.2) is 0 Å². The van der Waals surface area contributed by atoms with E-state index in [0.717, 1.165) is 37.9 Å². The maximum Gasteiger partial charge on any atom is 0.254 e. The summed E-state index contributed by atoms with van der Waals surface area (Å²) in [6, 6.07) is 5.32. The van der Waals surface area contributed by atoms with Crippen LogP contribution in [0.4, 0.5) is 11.8 Å². The third-order valence-corrected chi connectivity index (χ3v) is 5.00. The average molecular weight is 384 g/mol. The van der Waals surface area contributed by atoms with Gasteiger partial charge in [0.1, 0.15) is 5.82 Å². The number of anilines is 2. The van der Waals surface area contributed by atoms with Crippen LogP contribution < -0.4 is 14.5 Å². The normalized spacial score (nSPS) is 17.5. The number of hydrogen-bond acceptors (Lipinski definition) is 8. The van der Waals surface area contributed by atoms with E-state index in [9.17, 15) is 4.79 Å². The first-order valence-electron chi connectivity index (χ1n) is 9.44. The van der Waals surface area contributed by atoms with Crippen molar-refractivity contribution in [1.29, 1.82) is 0 Å². The lowest BCUT2D eigenvalue weighted by atomic mass is 10.2. The summed E-state index contributed by atoms with van der Waals surface area (Å²) in [6.07, 6.45) is 3.39. The molecule has 2 saturated heterocycles. The smallest absolute Gasteiger partial charge is 0.254 e. The molecule has 9 heteroatoms. The van der Waals surface area contributed by atoms with E-state index >= 15 is 0 Å². The molecule has 0 saturated carbocycles. The highest BCUT2D eigenvalue weighted by atomic mass is 16.5. The first-order valence-corrected chi connectivity index (χ1v) is 9.44. The molecule has 9 nitrogen and oxygen atoms in total. The van der Waals surface area contributed by atoms with Gasteiger partial charge in [0, 0.05) is 63.3 Å². The van der Waals surface area contributed by atoms with Crippen molar-refractivity contribution in [2.24, 2.45) is 0 Å². The number of morpholine rings is 1. The zero-order valence-electron chi connectivity index (χ0n) is 16.0. The molecule has 2 aliphatic rings. The third kappa shape index (κ3) is 3.99. The fourth-order valence-electron chi connectivity index (χ4n) is 3.41. The maximum absolute atomic E-state index is 12.8. The fourth-order valence-corrected chi connectivity index (χ4v) is 3.41. The molecule has 148 valence electrons. The second-order valence-electron chi connectivity index (χ2n) is 6.68. The van der Waals surface area contributed by atoms with Gasteiger partial charge >= 0.3 is 0 Å². The molecule has 2 fully saturated rings. The standard InChI is InChI=1S/C19H24N6O3/c1-27-17-14-15(2-4-20-17)18(26)24-8-6-23(7-9-24)16-3-5-21-19(22-16)25-10-12-28-13-11-25/h2-5,14H,6-13H2,1H3. The largest absolute Gasteiger partial charge is 0.481 e. The van der Waals surface area contributed by atoms with Gasteiger partial charge in [-0.1, -0.05) is 0 Å². The molecule has 4 rings (SSSR count). The van der Waals surface area contributed by atoms with E-state index < -0.39 is 0 Å². The molecule has 4 heterocycles. The van der Waals surface area contributed by atoms with Crippen molar-refractivity contribution in [2.75, 3.05) is 69.4 Å². The van der Waals surface area contributed by atoms with Gasteiger partial charge in [0.25, 0.3) is 5.91 Å². The monoisotopic (exact) mass is 384 g/mol. The molecule has 0 unspecified atom stereocenters. The van der Waals surface area contributed by atoms with Gasteiger partial charge in [-0.3, -0.25) is 4.79 Å². The van der Waals surface area contributed by atoms with Crippen molar-refractivity contribution in [3.05, 3.63) is 36.2 Å². The van der Waals surface area contributed by atoms with E-state index in [2.05, 4.69) is 19.8 Å². The quantitative estimate of drug-likeness (QED) is 0.761. The Hall–Kier alpha value is -2.94. The number of carbonyl (C=O) groups excluding carboxylic acids is 1. The lowest BCUT2D eigenvalue weighted by Gasteiger charge is -2.36. The number of nitrogens with zero attached hydrogens (tertiary/aromatic N) is 6. The van der Waals surface area contributed by atoms with Crippen LogP contribution in [0.2, 0.25) is 0 Å². The van der Waals surface area contributed by atoms with Crippen molar-refractivity contribution in [3.8, 4) is 5.88 Å². The molecular formula is C19H24N6O3. The molecule has 0 aliphatic carbocycles. The summed E-state index contributed by atoms with van der Waals surface area (Å²) in [6.45, 7) is 5.76. The minimum atomic E-state index is -0.00274. The Labute approximate surface area is 163 Å². The summed E-state index contributed by atoms with van der Waals surface area (Å²) in [7, 11) is 1.54. The minimum absolute atomic E-state index is 0.00274. The van der Waals surface area contributed by atoms with E-state index in [4.69, 9.17) is 14.5 Å². The van der Waals surface area contributed by atoms with E-state index in [-0.39, 0.29) is 5.91 Å². The van der Waals surface area contributed by atoms with Crippen molar-refractivity contribution in [3.63, 3.8) is 0 Å². The molecule has 0 spiro atoms. The van der Waals surface area contributed by atoms with Crippen molar-refractivity contribution >= 4 is 17.7 Å². The minimum Gasteiger partial charge on any atom is -0.481 e. The van der Waals surface area contributed by atoms with Crippen LogP contribution in [-0.4, -0.2) is 85.4 Å². The molecule has 0 aromatic carbocycles. The van der Waals surface area contributed by atoms with Gasteiger partial charge in [-0.15, -0.1) is 0 Å². The lowest BCUT2D eigenvalue weighted by Crippen LogP contribution is -2.49. The fraction of sp³-hybridized carbons (Fsp3) is 0.474. The van der Waals surface area contributed by atoms with Gasteiger partial charge in [-0.05, 0) is 12.1 Å². The number of ether oxygens (including phenoxy) is 2. The molecule has 2 aromatic rings. The number of rotatable bonds is 4. The molecule has 0 bridgehead atoms. The van der Waals surface area contributed by atoms with E-state index in [1.54, 1.807) is 31.6 Å². The Morgan fingerprint density at radius 2 is 1.75 bits per heavy atom. The van der Waals surface area contributed by atoms with Gasteiger partial charge in [-0.2, -0.15) is 4.98 Å². The van der Waals surface area contributed by atoms with Gasteiger partial charge in [0.2, 0.25) is 11.8 Å².